The van der Waals surface area contributed by atoms with Crippen molar-refractivity contribution in [2.75, 3.05) is 13.1 Å². The van der Waals surface area contributed by atoms with E-state index >= 15 is 0 Å². The molecule has 1 aromatic carbocycles. The molecule has 1 aromatic rings. The lowest BCUT2D eigenvalue weighted by molar-refractivity contribution is 0.0159. The van der Waals surface area contributed by atoms with Gasteiger partial charge in [-0.15, -0.1) is 0 Å². The molecule has 1 N–H and O–H groups in total. The molecule has 1 heterocycles. The molecule has 1 aliphatic heterocycles. The molecule has 0 aromatic heterocycles. The Hall–Kier alpha value is -1.03. The fraction of sp³-hybridized carbons (Fsp3) is 0.571. The second-order valence-electron chi connectivity index (χ2n) is 5.10. The number of piperidine rings is 1. The normalized spacial score (nSPS) is 18.1. The van der Waals surface area contributed by atoms with Crippen molar-refractivity contribution in [2.24, 2.45) is 0 Å². The van der Waals surface area contributed by atoms with E-state index in [-0.39, 0.29) is 17.0 Å². The van der Waals surface area contributed by atoms with E-state index in [1.165, 1.54) is 19.1 Å². The van der Waals surface area contributed by atoms with E-state index in [1.54, 1.807) is 0 Å². The van der Waals surface area contributed by atoms with Crippen molar-refractivity contribution in [1.29, 1.82) is 0 Å². The smallest absolute Gasteiger partial charge is 0.270 e. The summed E-state index contributed by atoms with van der Waals surface area (Å²) in [6, 6.07) is 2.60. The Labute approximate surface area is 105 Å². The van der Waals surface area contributed by atoms with Crippen LogP contribution < -0.4 is 5.32 Å². The van der Waals surface area contributed by atoms with Gasteiger partial charge >= 0.3 is 0 Å². The summed E-state index contributed by atoms with van der Waals surface area (Å²) in [5, 5.41) is 3.19. The van der Waals surface area contributed by atoms with Gasteiger partial charge in [-0.3, -0.25) is 0 Å². The zero-order chi connectivity index (χ0) is 13.3. The molecule has 0 atom stereocenters. The van der Waals surface area contributed by atoms with E-state index in [0.717, 1.165) is 32.9 Å². The van der Waals surface area contributed by atoms with Gasteiger partial charge in [-0.05, 0) is 62.0 Å². The topological polar surface area (TPSA) is 12.0 Å². The molecule has 0 spiro atoms. The average molecular weight is 257 g/mol. The number of aryl methyl sites for hydroxylation is 1. The van der Waals surface area contributed by atoms with Gasteiger partial charge in [-0.2, -0.15) is 0 Å². The summed E-state index contributed by atoms with van der Waals surface area (Å²) < 4.78 is 40.9. The van der Waals surface area contributed by atoms with Crippen molar-refractivity contribution in [2.45, 2.75) is 38.5 Å². The summed E-state index contributed by atoms with van der Waals surface area (Å²) in [4.78, 5) is 0. The zero-order valence-corrected chi connectivity index (χ0v) is 10.7. The molecule has 0 radical (unpaired) electrons. The predicted molar refractivity (Wildman–Crippen MR) is 65.5 cm³/mol. The number of rotatable bonds is 2. The van der Waals surface area contributed by atoms with Crippen LogP contribution in [-0.2, 0) is 5.92 Å². The zero-order valence-electron chi connectivity index (χ0n) is 10.7. The highest BCUT2D eigenvalue weighted by atomic mass is 19.3. The molecule has 0 saturated carbocycles. The van der Waals surface area contributed by atoms with Crippen molar-refractivity contribution >= 4 is 0 Å². The maximum atomic E-state index is 13.6. The molecule has 1 aliphatic rings. The lowest BCUT2D eigenvalue weighted by Gasteiger charge is -2.27. The highest BCUT2D eigenvalue weighted by Gasteiger charge is 2.31. The first kappa shape index (κ1) is 13.4. The minimum Gasteiger partial charge on any atom is -0.317 e. The number of hydrogen-bond acceptors (Lipinski definition) is 1. The van der Waals surface area contributed by atoms with Crippen molar-refractivity contribution in [3.8, 4) is 0 Å². The van der Waals surface area contributed by atoms with Gasteiger partial charge in [0.1, 0.15) is 5.82 Å². The first-order valence-electron chi connectivity index (χ1n) is 6.28. The molecule has 0 aliphatic carbocycles. The van der Waals surface area contributed by atoms with Gasteiger partial charge in [-0.1, -0.05) is 0 Å². The summed E-state index contributed by atoms with van der Waals surface area (Å²) in [5.41, 5.74) is 0.740. The van der Waals surface area contributed by atoms with Crippen molar-refractivity contribution in [3.05, 3.63) is 34.6 Å². The van der Waals surface area contributed by atoms with Crippen molar-refractivity contribution in [1.82, 2.24) is 5.32 Å². The Morgan fingerprint density at radius 2 is 1.83 bits per heavy atom. The molecule has 100 valence electrons. The molecule has 4 heteroatoms. The fourth-order valence-electron chi connectivity index (χ4n) is 2.55. The lowest BCUT2D eigenvalue weighted by Crippen LogP contribution is -2.28. The third-order valence-electron chi connectivity index (χ3n) is 3.58. The van der Waals surface area contributed by atoms with Gasteiger partial charge < -0.3 is 5.32 Å². The SMILES string of the molecule is Cc1cc(C(C)(F)F)c(C2CCNCC2)cc1F. The van der Waals surface area contributed by atoms with Crippen LogP contribution in [0.2, 0.25) is 0 Å². The second kappa shape index (κ2) is 4.92. The van der Waals surface area contributed by atoms with E-state index in [1.807, 2.05) is 0 Å². The van der Waals surface area contributed by atoms with Crippen LogP contribution in [0.5, 0.6) is 0 Å². The monoisotopic (exact) mass is 257 g/mol. The molecule has 0 amide bonds. The van der Waals surface area contributed by atoms with E-state index in [9.17, 15) is 13.2 Å². The summed E-state index contributed by atoms with van der Waals surface area (Å²) in [7, 11) is 0. The highest BCUT2D eigenvalue weighted by molar-refractivity contribution is 5.38. The first-order chi connectivity index (χ1) is 8.39. The summed E-state index contributed by atoms with van der Waals surface area (Å²) in [5.74, 6) is -3.28. The third-order valence-corrected chi connectivity index (χ3v) is 3.58. The molecule has 1 saturated heterocycles. The van der Waals surface area contributed by atoms with Crippen LogP contribution in [0.4, 0.5) is 13.2 Å². The van der Waals surface area contributed by atoms with Crippen LogP contribution >= 0.6 is 0 Å². The average Bonchev–Trinajstić information content (AvgIpc) is 2.32. The number of alkyl halides is 2. The van der Waals surface area contributed by atoms with Gasteiger partial charge in [0.15, 0.2) is 0 Å². The molecule has 2 rings (SSSR count). The molecular weight excluding hydrogens is 239 g/mol. The van der Waals surface area contributed by atoms with Crippen LogP contribution in [0.1, 0.15) is 42.4 Å². The number of benzene rings is 1. The van der Waals surface area contributed by atoms with Crippen LogP contribution in [0.15, 0.2) is 12.1 Å². The second-order valence-corrected chi connectivity index (χ2v) is 5.10. The van der Waals surface area contributed by atoms with Crippen LogP contribution in [0.3, 0.4) is 0 Å². The largest absolute Gasteiger partial charge is 0.317 e. The van der Waals surface area contributed by atoms with E-state index in [4.69, 9.17) is 0 Å². The standard InChI is InChI=1S/C14H18F3N/c1-9-7-12(14(2,16)17)11(8-13(9)15)10-3-5-18-6-4-10/h7-8,10,18H,3-6H2,1-2H3. The van der Waals surface area contributed by atoms with Crippen molar-refractivity contribution in [3.63, 3.8) is 0 Å². The Morgan fingerprint density at radius 1 is 1.22 bits per heavy atom. The Bertz CT molecular complexity index is 431. The summed E-state index contributed by atoms with van der Waals surface area (Å²) in [6.45, 7) is 4.00. The van der Waals surface area contributed by atoms with Gasteiger partial charge in [-0.25, -0.2) is 13.2 Å². The van der Waals surface area contributed by atoms with Crippen LogP contribution in [0.25, 0.3) is 0 Å². The Balaban J connectivity index is 2.46. The number of halogens is 3. The molecule has 1 fully saturated rings. The molecule has 18 heavy (non-hydrogen) atoms. The fourth-order valence-corrected chi connectivity index (χ4v) is 2.55. The number of hydrogen-bond donors (Lipinski definition) is 1. The predicted octanol–water partition coefficient (Wildman–Crippen LogP) is 3.71. The summed E-state index contributed by atoms with van der Waals surface area (Å²) in [6.07, 6.45) is 1.57. The molecular formula is C14H18F3N. The maximum Gasteiger partial charge on any atom is 0.270 e. The first-order valence-corrected chi connectivity index (χ1v) is 6.28. The Morgan fingerprint density at radius 3 is 2.39 bits per heavy atom. The van der Waals surface area contributed by atoms with E-state index < -0.39 is 11.7 Å². The third kappa shape index (κ3) is 2.69. The van der Waals surface area contributed by atoms with Gasteiger partial charge in [0.05, 0.1) is 0 Å². The van der Waals surface area contributed by atoms with Gasteiger partial charge in [0, 0.05) is 12.5 Å². The van der Waals surface area contributed by atoms with Crippen LogP contribution in [0, 0.1) is 12.7 Å². The minimum absolute atomic E-state index is 0.0201. The van der Waals surface area contributed by atoms with Crippen LogP contribution in [-0.4, -0.2) is 13.1 Å². The quantitative estimate of drug-likeness (QED) is 0.851. The van der Waals surface area contributed by atoms with E-state index in [0.29, 0.717) is 5.56 Å². The Kier molecular flexibility index (Phi) is 3.66. The van der Waals surface area contributed by atoms with Gasteiger partial charge in [0.25, 0.3) is 5.92 Å². The maximum absolute atomic E-state index is 13.6. The summed E-state index contributed by atoms with van der Waals surface area (Å²) >= 11 is 0. The lowest BCUT2D eigenvalue weighted by atomic mass is 9.84. The van der Waals surface area contributed by atoms with Gasteiger partial charge in [0.2, 0.25) is 0 Å². The number of nitrogens with one attached hydrogen (secondary N) is 1. The van der Waals surface area contributed by atoms with Crippen molar-refractivity contribution < 1.29 is 13.2 Å². The van der Waals surface area contributed by atoms with E-state index in [2.05, 4.69) is 5.32 Å². The highest BCUT2D eigenvalue weighted by Crippen LogP contribution is 2.38. The minimum atomic E-state index is -2.92. The molecule has 0 unspecified atom stereocenters. The molecule has 0 bridgehead atoms. The molecule has 1 nitrogen and oxygen atoms in total.